The van der Waals surface area contributed by atoms with E-state index < -0.39 is 5.97 Å². The number of methoxy groups -OCH3 is 3. The lowest BCUT2D eigenvalue weighted by atomic mass is 9.89. The lowest BCUT2D eigenvalue weighted by molar-refractivity contribution is 0.0598. The zero-order chi connectivity index (χ0) is 17.1. The summed E-state index contributed by atoms with van der Waals surface area (Å²) in [6.07, 6.45) is 2.66. The van der Waals surface area contributed by atoms with E-state index in [1.807, 2.05) is 24.4 Å². The minimum Gasteiger partial charge on any atom is -0.493 e. The Hall–Kier alpha value is -2.82. The molecule has 1 atom stereocenters. The van der Waals surface area contributed by atoms with Gasteiger partial charge in [-0.15, -0.1) is 0 Å². The second-order valence-corrected chi connectivity index (χ2v) is 5.42. The summed E-state index contributed by atoms with van der Waals surface area (Å²) in [6.45, 7) is 0. The van der Waals surface area contributed by atoms with Crippen LogP contribution in [0.3, 0.4) is 0 Å². The zero-order valence-electron chi connectivity index (χ0n) is 13.9. The van der Waals surface area contributed by atoms with Crippen LogP contribution in [0.5, 0.6) is 11.5 Å². The highest BCUT2D eigenvalue weighted by Crippen LogP contribution is 2.39. The molecule has 5 heteroatoms. The summed E-state index contributed by atoms with van der Waals surface area (Å²) in [7, 11) is 4.46. The maximum absolute atomic E-state index is 12.3. The van der Waals surface area contributed by atoms with Crippen LogP contribution in [0.2, 0.25) is 0 Å². The number of benzene rings is 2. The van der Waals surface area contributed by atoms with Crippen LogP contribution in [-0.2, 0) is 11.2 Å². The molecule has 0 aromatic heterocycles. The SMILES string of the molecule is COC(=O)c1cc(OC)c(OC)cc1C1N=CCc2ccccc21. The molecule has 1 aliphatic heterocycles. The summed E-state index contributed by atoms with van der Waals surface area (Å²) in [5.41, 5.74) is 3.44. The van der Waals surface area contributed by atoms with Gasteiger partial charge < -0.3 is 14.2 Å². The first-order valence-electron chi connectivity index (χ1n) is 7.63. The van der Waals surface area contributed by atoms with E-state index in [1.165, 1.54) is 19.8 Å². The van der Waals surface area contributed by atoms with Gasteiger partial charge in [0.2, 0.25) is 0 Å². The summed E-state index contributed by atoms with van der Waals surface area (Å²) < 4.78 is 15.6. The van der Waals surface area contributed by atoms with Crippen LogP contribution in [0.15, 0.2) is 41.4 Å². The highest BCUT2D eigenvalue weighted by Gasteiger charge is 2.26. The molecular formula is C19H19NO4. The molecule has 0 spiro atoms. The van der Waals surface area contributed by atoms with Crippen LogP contribution < -0.4 is 9.47 Å². The highest BCUT2D eigenvalue weighted by molar-refractivity contribution is 5.92. The second-order valence-electron chi connectivity index (χ2n) is 5.42. The fourth-order valence-corrected chi connectivity index (χ4v) is 2.98. The molecule has 2 aromatic rings. The first-order chi connectivity index (χ1) is 11.7. The Balaban J connectivity index is 2.21. The quantitative estimate of drug-likeness (QED) is 0.810. The van der Waals surface area contributed by atoms with Crippen LogP contribution in [0.4, 0.5) is 0 Å². The first kappa shape index (κ1) is 16.1. The van der Waals surface area contributed by atoms with E-state index in [0.29, 0.717) is 17.1 Å². The summed E-state index contributed by atoms with van der Waals surface area (Å²) in [4.78, 5) is 16.9. The minimum absolute atomic E-state index is 0.274. The van der Waals surface area contributed by atoms with Crippen molar-refractivity contribution in [2.45, 2.75) is 12.5 Å². The highest BCUT2D eigenvalue weighted by atomic mass is 16.5. The Morgan fingerprint density at radius 3 is 2.46 bits per heavy atom. The van der Waals surface area contributed by atoms with Gasteiger partial charge in [-0.1, -0.05) is 24.3 Å². The van der Waals surface area contributed by atoms with Gasteiger partial charge in [0.25, 0.3) is 0 Å². The van der Waals surface area contributed by atoms with Crippen molar-refractivity contribution in [2.75, 3.05) is 21.3 Å². The number of aliphatic imine (C=N–C) groups is 1. The fourth-order valence-electron chi connectivity index (χ4n) is 2.98. The molecule has 24 heavy (non-hydrogen) atoms. The average Bonchev–Trinajstić information content (AvgIpc) is 2.65. The predicted molar refractivity (Wildman–Crippen MR) is 91.4 cm³/mol. The third kappa shape index (κ3) is 2.73. The van der Waals surface area contributed by atoms with Crippen molar-refractivity contribution in [3.8, 4) is 11.5 Å². The fraction of sp³-hybridized carbons (Fsp3) is 0.263. The lowest BCUT2D eigenvalue weighted by Crippen LogP contribution is -2.14. The van der Waals surface area contributed by atoms with Gasteiger partial charge in [-0.25, -0.2) is 4.79 Å². The van der Waals surface area contributed by atoms with Gasteiger partial charge in [0.15, 0.2) is 11.5 Å². The smallest absolute Gasteiger partial charge is 0.338 e. The summed E-state index contributed by atoms with van der Waals surface area (Å²) in [5.74, 6) is 0.609. The van der Waals surface area contributed by atoms with Crippen LogP contribution in [0, 0.1) is 0 Å². The Bertz CT molecular complexity index is 798. The molecular weight excluding hydrogens is 306 g/mol. The Morgan fingerprint density at radius 2 is 1.75 bits per heavy atom. The van der Waals surface area contributed by atoms with Crippen molar-refractivity contribution in [3.63, 3.8) is 0 Å². The number of fused-ring (bicyclic) bond motifs is 1. The average molecular weight is 325 g/mol. The van der Waals surface area contributed by atoms with E-state index in [2.05, 4.69) is 11.1 Å². The largest absolute Gasteiger partial charge is 0.493 e. The van der Waals surface area contributed by atoms with Crippen molar-refractivity contribution < 1.29 is 19.0 Å². The van der Waals surface area contributed by atoms with Crippen LogP contribution >= 0.6 is 0 Å². The lowest BCUT2D eigenvalue weighted by Gasteiger charge is -2.23. The van der Waals surface area contributed by atoms with Crippen molar-refractivity contribution in [1.82, 2.24) is 0 Å². The molecule has 0 amide bonds. The van der Waals surface area contributed by atoms with E-state index in [0.717, 1.165) is 17.5 Å². The molecule has 2 aromatic carbocycles. The standard InChI is InChI=1S/C19H19NO4/c1-22-16-10-14(15(19(21)24-3)11-17(16)23-2)18-13-7-5-4-6-12(13)8-9-20-18/h4-7,9-11,18H,8H2,1-3H3. The Kier molecular flexibility index (Phi) is 4.51. The van der Waals surface area contributed by atoms with Crippen LogP contribution in [0.1, 0.15) is 33.1 Å². The molecule has 5 nitrogen and oxygen atoms in total. The van der Waals surface area contributed by atoms with E-state index in [1.54, 1.807) is 19.2 Å². The maximum atomic E-state index is 12.3. The van der Waals surface area contributed by atoms with E-state index in [4.69, 9.17) is 14.2 Å². The molecule has 3 rings (SSSR count). The van der Waals surface area contributed by atoms with E-state index in [9.17, 15) is 4.79 Å². The molecule has 0 bridgehead atoms. The molecule has 0 radical (unpaired) electrons. The molecule has 1 heterocycles. The van der Waals surface area contributed by atoms with E-state index in [-0.39, 0.29) is 6.04 Å². The number of hydrogen-bond donors (Lipinski definition) is 0. The molecule has 0 aliphatic carbocycles. The zero-order valence-corrected chi connectivity index (χ0v) is 13.9. The molecule has 1 aliphatic rings. The molecule has 0 fully saturated rings. The number of rotatable bonds is 4. The van der Waals surface area contributed by atoms with Gasteiger partial charge in [0, 0.05) is 12.6 Å². The topological polar surface area (TPSA) is 57.1 Å². The van der Waals surface area contributed by atoms with Crippen molar-refractivity contribution in [2.24, 2.45) is 4.99 Å². The minimum atomic E-state index is -0.427. The maximum Gasteiger partial charge on any atom is 0.338 e. The summed E-state index contributed by atoms with van der Waals surface area (Å²) in [5, 5.41) is 0. The van der Waals surface area contributed by atoms with Gasteiger partial charge in [-0.2, -0.15) is 0 Å². The third-order valence-corrected chi connectivity index (χ3v) is 4.17. The van der Waals surface area contributed by atoms with Crippen LogP contribution in [0.25, 0.3) is 0 Å². The van der Waals surface area contributed by atoms with Gasteiger partial charge >= 0.3 is 5.97 Å². The third-order valence-electron chi connectivity index (χ3n) is 4.17. The normalized spacial score (nSPS) is 15.5. The van der Waals surface area contributed by atoms with Gasteiger partial charge in [-0.3, -0.25) is 4.99 Å². The number of ether oxygens (including phenoxy) is 3. The molecule has 0 saturated heterocycles. The van der Waals surface area contributed by atoms with Crippen molar-refractivity contribution in [1.29, 1.82) is 0 Å². The molecule has 1 unspecified atom stereocenters. The summed E-state index contributed by atoms with van der Waals surface area (Å²) >= 11 is 0. The molecule has 0 N–H and O–H groups in total. The van der Waals surface area contributed by atoms with E-state index >= 15 is 0 Å². The Morgan fingerprint density at radius 1 is 1.04 bits per heavy atom. The number of carbonyl (C=O) groups is 1. The predicted octanol–water partition coefficient (Wildman–Crippen LogP) is 3.21. The molecule has 0 saturated carbocycles. The van der Waals surface area contributed by atoms with Gasteiger partial charge in [0.1, 0.15) is 6.04 Å². The first-order valence-corrected chi connectivity index (χ1v) is 7.63. The van der Waals surface area contributed by atoms with Crippen LogP contribution in [-0.4, -0.2) is 33.5 Å². The van der Waals surface area contributed by atoms with Crippen molar-refractivity contribution in [3.05, 3.63) is 58.7 Å². The molecule has 124 valence electrons. The second kappa shape index (κ2) is 6.74. The monoisotopic (exact) mass is 325 g/mol. The number of nitrogens with zero attached hydrogens (tertiary/aromatic N) is 1. The number of hydrogen-bond acceptors (Lipinski definition) is 5. The van der Waals surface area contributed by atoms with Gasteiger partial charge in [-0.05, 0) is 28.8 Å². The number of carbonyl (C=O) groups excluding carboxylic acids is 1. The van der Waals surface area contributed by atoms with Gasteiger partial charge in [0.05, 0.1) is 26.9 Å². The number of esters is 1. The van der Waals surface area contributed by atoms with Crippen molar-refractivity contribution >= 4 is 12.2 Å². The summed E-state index contributed by atoms with van der Waals surface area (Å²) in [6, 6.07) is 11.3. The Labute approximate surface area is 140 Å².